The Morgan fingerprint density at radius 2 is 1.95 bits per heavy atom. The van der Waals surface area contributed by atoms with Gasteiger partial charge in [-0.1, -0.05) is 19.1 Å². The lowest BCUT2D eigenvalue weighted by atomic mass is 9.85. The highest BCUT2D eigenvalue weighted by Crippen LogP contribution is 2.39. The number of hydrogen-bond donors (Lipinski definition) is 1. The number of aromatic nitrogens is 1. The van der Waals surface area contributed by atoms with Gasteiger partial charge in [0.05, 0.1) is 19.0 Å². The van der Waals surface area contributed by atoms with E-state index in [1.165, 1.54) is 12.1 Å². The quantitative estimate of drug-likeness (QED) is 0.937. The molecule has 1 aromatic heterocycles. The van der Waals surface area contributed by atoms with Crippen molar-refractivity contribution in [2.45, 2.75) is 32.8 Å². The monoisotopic (exact) mass is 289 g/mol. The summed E-state index contributed by atoms with van der Waals surface area (Å²) >= 11 is 0. The van der Waals surface area contributed by atoms with Crippen LogP contribution in [-0.2, 0) is 5.60 Å². The van der Waals surface area contributed by atoms with Gasteiger partial charge in [-0.15, -0.1) is 0 Å². The second-order valence-corrected chi connectivity index (χ2v) is 5.16. The number of nitrogens with zero attached hydrogens (tertiary/aromatic N) is 1. The molecule has 2 rings (SSSR count). The van der Waals surface area contributed by atoms with E-state index in [2.05, 4.69) is 4.98 Å². The van der Waals surface area contributed by atoms with Crippen molar-refractivity contribution in [1.82, 2.24) is 4.98 Å². The van der Waals surface area contributed by atoms with E-state index in [9.17, 15) is 9.50 Å². The topological polar surface area (TPSA) is 42.4 Å². The van der Waals surface area contributed by atoms with E-state index in [4.69, 9.17) is 4.74 Å². The number of halogens is 1. The smallest absolute Gasteiger partial charge is 0.141 e. The molecular formula is C17H20FNO2. The summed E-state index contributed by atoms with van der Waals surface area (Å²) in [6, 6.07) is 6.59. The second kappa shape index (κ2) is 5.82. The maximum absolute atomic E-state index is 13.1. The summed E-state index contributed by atoms with van der Waals surface area (Å²) in [5.74, 6) is 0.217. The van der Waals surface area contributed by atoms with Gasteiger partial charge in [-0.3, -0.25) is 4.98 Å². The van der Waals surface area contributed by atoms with Crippen molar-refractivity contribution in [3.63, 3.8) is 0 Å². The first-order chi connectivity index (χ1) is 9.93. The molecular weight excluding hydrogens is 269 g/mol. The Morgan fingerprint density at radius 1 is 1.24 bits per heavy atom. The van der Waals surface area contributed by atoms with Crippen molar-refractivity contribution in [2.24, 2.45) is 0 Å². The van der Waals surface area contributed by atoms with Crippen LogP contribution in [0.1, 0.15) is 35.7 Å². The van der Waals surface area contributed by atoms with E-state index in [-0.39, 0.29) is 0 Å². The first-order valence-corrected chi connectivity index (χ1v) is 6.93. The SMILES string of the molecule is CCC(O)(c1ccc(F)cn1)c1ccc(C)c(C)c1OC. The zero-order chi connectivity index (χ0) is 15.6. The molecule has 1 unspecified atom stereocenters. The second-order valence-electron chi connectivity index (χ2n) is 5.16. The van der Waals surface area contributed by atoms with Gasteiger partial charge in [0.25, 0.3) is 0 Å². The van der Waals surface area contributed by atoms with Crippen molar-refractivity contribution in [3.05, 3.63) is 58.7 Å². The van der Waals surface area contributed by atoms with Gasteiger partial charge in [-0.25, -0.2) is 4.39 Å². The molecule has 0 aliphatic carbocycles. The third kappa shape index (κ3) is 2.63. The predicted octanol–water partition coefficient (Wildman–Crippen LogP) is 3.49. The van der Waals surface area contributed by atoms with Crippen LogP contribution in [0.3, 0.4) is 0 Å². The summed E-state index contributed by atoms with van der Waals surface area (Å²) < 4.78 is 18.6. The number of aliphatic hydroxyl groups is 1. The summed E-state index contributed by atoms with van der Waals surface area (Å²) in [6.45, 7) is 5.80. The van der Waals surface area contributed by atoms with Gasteiger partial charge in [0.1, 0.15) is 17.2 Å². The van der Waals surface area contributed by atoms with Crippen LogP contribution in [0.2, 0.25) is 0 Å². The molecule has 2 aromatic rings. The van der Waals surface area contributed by atoms with Crippen LogP contribution >= 0.6 is 0 Å². The first kappa shape index (κ1) is 15.4. The zero-order valence-electron chi connectivity index (χ0n) is 12.8. The normalized spacial score (nSPS) is 13.8. The highest BCUT2D eigenvalue weighted by atomic mass is 19.1. The van der Waals surface area contributed by atoms with Crippen LogP contribution in [0.4, 0.5) is 4.39 Å². The molecule has 0 amide bonds. The van der Waals surface area contributed by atoms with Crippen LogP contribution in [0, 0.1) is 19.7 Å². The Hall–Kier alpha value is -1.94. The Labute approximate surface area is 124 Å². The molecule has 0 bridgehead atoms. The van der Waals surface area contributed by atoms with E-state index < -0.39 is 11.4 Å². The third-order valence-corrected chi connectivity index (χ3v) is 3.99. The van der Waals surface area contributed by atoms with Crippen LogP contribution in [-0.4, -0.2) is 17.2 Å². The number of benzene rings is 1. The Bertz CT molecular complexity index is 640. The third-order valence-electron chi connectivity index (χ3n) is 3.99. The molecule has 0 saturated heterocycles. The fourth-order valence-electron chi connectivity index (χ4n) is 2.51. The molecule has 1 aromatic carbocycles. The molecule has 0 fully saturated rings. The van der Waals surface area contributed by atoms with Crippen molar-refractivity contribution < 1.29 is 14.2 Å². The number of methoxy groups -OCH3 is 1. The summed E-state index contributed by atoms with van der Waals surface area (Å²) in [5.41, 5.74) is 1.81. The average molecular weight is 289 g/mol. The van der Waals surface area contributed by atoms with Gasteiger partial charge < -0.3 is 9.84 Å². The molecule has 3 nitrogen and oxygen atoms in total. The number of aryl methyl sites for hydroxylation is 1. The Kier molecular flexibility index (Phi) is 4.28. The van der Waals surface area contributed by atoms with E-state index in [1.807, 2.05) is 32.9 Å². The van der Waals surface area contributed by atoms with Gasteiger partial charge in [0.2, 0.25) is 0 Å². The molecule has 0 saturated carbocycles. The Balaban J connectivity index is 2.65. The lowest BCUT2D eigenvalue weighted by Gasteiger charge is -2.29. The van der Waals surface area contributed by atoms with Gasteiger partial charge in [0.15, 0.2) is 0 Å². The fraction of sp³-hybridized carbons (Fsp3) is 0.353. The highest BCUT2D eigenvalue weighted by Gasteiger charge is 2.34. The van der Waals surface area contributed by atoms with Crippen LogP contribution in [0.15, 0.2) is 30.5 Å². The number of rotatable bonds is 4. The molecule has 0 radical (unpaired) electrons. The minimum Gasteiger partial charge on any atom is -0.496 e. The molecule has 4 heteroatoms. The fourth-order valence-corrected chi connectivity index (χ4v) is 2.51. The molecule has 1 heterocycles. The van der Waals surface area contributed by atoms with Crippen molar-refractivity contribution in [3.8, 4) is 5.75 Å². The summed E-state index contributed by atoms with van der Waals surface area (Å²) in [5, 5.41) is 11.1. The van der Waals surface area contributed by atoms with E-state index in [1.54, 1.807) is 7.11 Å². The summed E-state index contributed by atoms with van der Waals surface area (Å²) in [4.78, 5) is 4.04. The van der Waals surface area contributed by atoms with Gasteiger partial charge in [-0.2, -0.15) is 0 Å². The van der Waals surface area contributed by atoms with Crippen LogP contribution < -0.4 is 4.74 Å². The standard InChI is InChI=1S/C17H20FNO2/c1-5-17(20,15-9-7-13(18)10-19-15)14-8-6-11(2)12(3)16(14)21-4/h6-10,20H,5H2,1-4H3. The minimum absolute atomic E-state index is 0.407. The minimum atomic E-state index is -1.31. The van der Waals surface area contributed by atoms with Crippen LogP contribution in [0.25, 0.3) is 0 Å². The highest BCUT2D eigenvalue weighted by molar-refractivity contribution is 5.50. The Morgan fingerprint density at radius 3 is 2.48 bits per heavy atom. The summed E-state index contributed by atoms with van der Waals surface area (Å²) in [6.07, 6.45) is 1.52. The molecule has 0 aliphatic rings. The molecule has 112 valence electrons. The lowest BCUT2D eigenvalue weighted by molar-refractivity contribution is 0.0688. The number of pyridine rings is 1. The molecule has 0 aliphatic heterocycles. The van der Waals surface area contributed by atoms with Crippen molar-refractivity contribution in [1.29, 1.82) is 0 Å². The molecule has 1 N–H and O–H groups in total. The van der Waals surface area contributed by atoms with Gasteiger partial charge in [0, 0.05) is 5.56 Å². The lowest BCUT2D eigenvalue weighted by Crippen LogP contribution is -2.28. The van der Waals surface area contributed by atoms with Crippen molar-refractivity contribution in [2.75, 3.05) is 7.11 Å². The maximum Gasteiger partial charge on any atom is 0.141 e. The van der Waals surface area contributed by atoms with E-state index in [0.29, 0.717) is 23.4 Å². The van der Waals surface area contributed by atoms with Crippen LogP contribution in [0.5, 0.6) is 5.75 Å². The predicted molar refractivity (Wildman–Crippen MR) is 80.0 cm³/mol. The van der Waals surface area contributed by atoms with Gasteiger partial charge >= 0.3 is 0 Å². The molecule has 1 atom stereocenters. The molecule has 21 heavy (non-hydrogen) atoms. The van der Waals surface area contributed by atoms with Crippen molar-refractivity contribution >= 4 is 0 Å². The summed E-state index contributed by atoms with van der Waals surface area (Å²) in [7, 11) is 1.58. The largest absolute Gasteiger partial charge is 0.496 e. The maximum atomic E-state index is 13.1. The van der Waals surface area contributed by atoms with E-state index in [0.717, 1.165) is 17.3 Å². The average Bonchev–Trinajstić information content (AvgIpc) is 2.49. The molecule has 0 spiro atoms. The van der Waals surface area contributed by atoms with Gasteiger partial charge in [-0.05, 0) is 43.5 Å². The zero-order valence-corrected chi connectivity index (χ0v) is 12.8. The first-order valence-electron chi connectivity index (χ1n) is 6.93. The number of ether oxygens (including phenoxy) is 1. The van der Waals surface area contributed by atoms with E-state index >= 15 is 0 Å². The number of hydrogen-bond acceptors (Lipinski definition) is 3.